The molecule has 3 aromatic rings. The molecule has 1 fully saturated rings. The highest BCUT2D eigenvalue weighted by Crippen LogP contribution is 2.13. The summed E-state index contributed by atoms with van der Waals surface area (Å²) >= 11 is 0. The molecule has 0 atom stereocenters. The molecule has 1 saturated heterocycles. The van der Waals surface area contributed by atoms with Gasteiger partial charge in [-0.15, -0.1) is 0 Å². The zero-order valence-electron chi connectivity index (χ0n) is 18.0. The van der Waals surface area contributed by atoms with E-state index in [0.29, 0.717) is 44.2 Å². The van der Waals surface area contributed by atoms with Crippen LogP contribution in [0.2, 0.25) is 0 Å². The number of rotatable bonds is 6. The second kappa shape index (κ2) is 9.55. The number of hydrogen-bond acceptors (Lipinski definition) is 4. The molecule has 0 saturated carbocycles. The lowest BCUT2D eigenvalue weighted by atomic mass is 10.1. The fourth-order valence-corrected chi connectivity index (χ4v) is 3.69. The number of benzene rings is 1. The minimum absolute atomic E-state index is 0.0663. The summed E-state index contributed by atoms with van der Waals surface area (Å²) in [5.41, 5.74) is 2.65. The zero-order chi connectivity index (χ0) is 22.5. The second-order valence-electron chi connectivity index (χ2n) is 7.85. The number of furan rings is 1. The molecule has 8 heteroatoms. The maximum Gasteiger partial charge on any atom is 0.289 e. The summed E-state index contributed by atoms with van der Waals surface area (Å²) in [7, 11) is 0. The van der Waals surface area contributed by atoms with Gasteiger partial charge in [0.05, 0.1) is 6.26 Å². The van der Waals surface area contributed by atoms with E-state index in [2.05, 4.69) is 5.32 Å². The van der Waals surface area contributed by atoms with Gasteiger partial charge in [-0.3, -0.25) is 14.4 Å². The van der Waals surface area contributed by atoms with Gasteiger partial charge in [-0.25, -0.2) is 0 Å². The van der Waals surface area contributed by atoms with Gasteiger partial charge in [0.2, 0.25) is 5.91 Å². The number of hydrogen-bond donors (Lipinski definition) is 1. The third-order valence-corrected chi connectivity index (χ3v) is 5.56. The number of amides is 3. The molecule has 1 aliphatic rings. The highest BCUT2D eigenvalue weighted by atomic mass is 16.3. The average Bonchev–Trinajstić information content (AvgIpc) is 3.50. The van der Waals surface area contributed by atoms with E-state index in [-0.39, 0.29) is 24.3 Å². The maximum absolute atomic E-state index is 13.0. The molecule has 0 spiro atoms. The molecule has 1 aromatic carbocycles. The van der Waals surface area contributed by atoms with Gasteiger partial charge in [0.1, 0.15) is 12.2 Å². The van der Waals surface area contributed by atoms with Gasteiger partial charge >= 0.3 is 0 Å². The lowest BCUT2D eigenvalue weighted by Gasteiger charge is -2.34. The van der Waals surface area contributed by atoms with Crippen molar-refractivity contribution in [2.24, 2.45) is 0 Å². The molecule has 1 N–H and O–H groups in total. The van der Waals surface area contributed by atoms with Crippen molar-refractivity contribution in [1.29, 1.82) is 0 Å². The van der Waals surface area contributed by atoms with E-state index in [1.807, 2.05) is 31.2 Å². The number of piperazine rings is 1. The van der Waals surface area contributed by atoms with E-state index in [1.165, 1.54) is 11.8 Å². The Bertz CT molecular complexity index is 1080. The van der Waals surface area contributed by atoms with Gasteiger partial charge in [0.15, 0.2) is 5.76 Å². The third-order valence-electron chi connectivity index (χ3n) is 5.56. The number of nitrogens with one attached hydrogen (secondary N) is 1. The first-order valence-electron chi connectivity index (χ1n) is 10.6. The predicted octanol–water partition coefficient (Wildman–Crippen LogP) is 2.30. The van der Waals surface area contributed by atoms with Gasteiger partial charge in [-0.1, -0.05) is 29.8 Å². The normalized spacial score (nSPS) is 13.8. The molecule has 4 rings (SSSR count). The lowest BCUT2D eigenvalue weighted by Crippen LogP contribution is -2.50. The zero-order valence-corrected chi connectivity index (χ0v) is 18.0. The van der Waals surface area contributed by atoms with Crippen LogP contribution in [0.4, 0.5) is 0 Å². The van der Waals surface area contributed by atoms with Crippen LogP contribution in [0.1, 0.15) is 32.2 Å². The fraction of sp³-hybridized carbons (Fsp3) is 0.292. The Morgan fingerprint density at radius 3 is 2.25 bits per heavy atom. The van der Waals surface area contributed by atoms with Crippen LogP contribution in [0, 0.1) is 6.92 Å². The average molecular weight is 434 g/mol. The van der Waals surface area contributed by atoms with Crippen LogP contribution in [-0.2, 0) is 17.9 Å². The Balaban J connectivity index is 1.31. The summed E-state index contributed by atoms with van der Waals surface area (Å²) < 4.78 is 6.83. The van der Waals surface area contributed by atoms with Gasteiger partial charge in [0.25, 0.3) is 11.8 Å². The number of nitrogens with zero attached hydrogens (tertiary/aromatic N) is 3. The van der Waals surface area contributed by atoms with Crippen molar-refractivity contribution in [3.05, 3.63) is 83.6 Å². The fourth-order valence-electron chi connectivity index (χ4n) is 3.69. The quantitative estimate of drug-likeness (QED) is 0.645. The number of aryl methyl sites for hydroxylation is 1. The molecule has 2 aromatic heterocycles. The third kappa shape index (κ3) is 4.91. The number of aromatic nitrogens is 1. The summed E-state index contributed by atoms with van der Waals surface area (Å²) in [6, 6.07) is 14.8. The predicted molar refractivity (Wildman–Crippen MR) is 118 cm³/mol. The van der Waals surface area contributed by atoms with E-state index in [0.717, 1.165) is 5.56 Å². The van der Waals surface area contributed by atoms with Crippen molar-refractivity contribution in [1.82, 2.24) is 19.7 Å². The van der Waals surface area contributed by atoms with Crippen molar-refractivity contribution in [3.8, 4) is 0 Å². The van der Waals surface area contributed by atoms with Gasteiger partial charge < -0.3 is 24.1 Å². The standard InChI is InChI=1S/C24H26N4O4/c1-18-6-8-19(9-7-18)16-25-22(29)17-28-10-2-4-20(28)23(30)26-11-13-27(14-12-26)24(31)21-5-3-15-32-21/h2-10,15H,11-14,16-17H2,1H3,(H,25,29). The molecule has 1 aliphatic heterocycles. The van der Waals surface area contributed by atoms with Crippen LogP contribution in [0.5, 0.6) is 0 Å². The molecule has 3 amide bonds. The lowest BCUT2D eigenvalue weighted by molar-refractivity contribution is -0.121. The Labute approximate surface area is 186 Å². The maximum atomic E-state index is 13.0. The summed E-state index contributed by atoms with van der Waals surface area (Å²) in [6.45, 7) is 4.24. The summed E-state index contributed by atoms with van der Waals surface area (Å²) in [5, 5.41) is 2.90. The molecule has 32 heavy (non-hydrogen) atoms. The van der Waals surface area contributed by atoms with Crippen LogP contribution >= 0.6 is 0 Å². The van der Waals surface area contributed by atoms with Crippen molar-refractivity contribution >= 4 is 17.7 Å². The topological polar surface area (TPSA) is 87.8 Å². The van der Waals surface area contributed by atoms with Crippen LogP contribution < -0.4 is 5.32 Å². The van der Waals surface area contributed by atoms with E-state index in [9.17, 15) is 14.4 Å². The van der Waals surface area contributed by atoms with E-state index in [1.54, 1.807) is 44.8 Å². The van der Waals surface area contributed by atoms with Crippen molar-refractivity contribution < 1.29 is 18.8 Å². The molecule has 0 bridgehead atoms. The van der Waals surface area contributed by atoms with Crippen LogP contribution in [0.3, 0.4) is 0 Å². The first-order valence-corrected chi connectivity index (χ1v) is 10.6. The van der Waals surface area contributed by atoms with Crippen LogP contribution in [0.25, 0.3) is 0 Å². The van der Waals surface area contributed by atoms with Gasteiger partial charge in [0, 0.05) is 38.9 Å². The first kappa shape index (κ1) is 21.4. The van der Waals surface area contributed by atoms with Gasteiger partial charge in [-0.2, -0.15) is 0 Å². The Morgan fingerprint density at radius 2 is 1.59 bits per heavy atom. The first-order chi connectivity index (χ1) is 15.5. The van der Waals surface area contributed by atoms with E-state index < -0.39 is 0 Å². The molecule has 0 aliphatic carbocycles. The summed E-state index contributed by atoms with van der Waals surface area (Å²) in [6.07, 6.45) is 3.20. The van der Waals surface area contributed by atoms with Crippen molar-refractivity contribution in [2.45, 2.75) is 20.0 Å². The molecular weight excluding hydrogens is 408 g/mol. The molecule has 0 radical (unpaired) electrons. The van der Waals surface area contributed by atoms with Crippen LogP contribution in [0.15, 0.2) is 65.4 Å². The number of carbonyl (C=O) groups excluding carboxylic acids is 3. The molecule has 0 unspecified atom stereocenters. The minimum atomic E-state index is -0.171. The largest absolute Gasteiger partial charge is 0.459 e. The van der Waals surface area contributed by atoms with Crippen molar-refractivity contribution in [2.75, 3.05) is 26.2 Å². The Kier molecular flexibility index (Phi) is 6.39. The molecular formula is C24H26N4O4. The Hall–Kier alpha value is -3.81. The Morgan fingerprint density at radius 1 is 0.906 bits per heavy atom. The smallest absolute Gasteiger partial charge is 0.289 e. The second-order valence-corrected chi connectivity index (χ2v) is 7.85. The monoisotopic (exact) mass is 434 g/mol. The van der Waals surface area contributed by atoms with E-state index >= 15 is 0 Å². The van der Waals surface area contributed by atoms with E-state index in [4.69, 9.17) is 4.42 Å². The molecule has 8 nitrogen and oxygen atoms in total. The molecule has 3 heterocycles. The SMILES string of the molecule is Cc1ccc(CNC(=O)Cn2cccc2C(=O)N2CCN(C(=O)c3ccco3)CC2)cc1. The summed E-state index contributed by atoms with van der Waals surface area (Å²) in [5.74, 6) is -0.179. The minimum Gasteiger partial charge on any atom is -0.459 e. The van der Waals surface area contributed by atoms with Crippen LogP contribution in [-0.4, -0.2) is 58.3 Å². The van der Waals surface area contributed by atoms with Crippen molar-refractivity contribution in [3.63, 3.8) is 0 Å². The highest BCUT2D eigenvalue weighted by molar-refractivity contribution is 5.94. The highest BCUT2D eigenvalue weighted by Gasteiger charge is 2.27. The van der Waals surface area contributed by atoms with Gasteiger partial charge in [-0.05, 0) is 36.8 Å². The summed E-state index contributed by atoms with van der Waals surface area (Å²) in [4.78, 5) is 41.2. The molecule has 166 valence electrons. The number of carbonyl (C=O) groups is 3.